The summed E-state index contributed by atoms with van der Waals surface area (Å²) < 4.78 is 19.4. The molecular formula is C27H36FN7O3. The summed E-state index contributed by atoms with van der Waals surface area (Å²) in [5.41, 5.74) is 0.549. The number of aromatic nitrogens is 4. The third kappa shape index (κ3) is 6.83. The summed E-state index contributed by atoms with van der Waals surface area (Å²) in [6, 6.07) is 8.45. The number of hydrogen-bond acceptors (Lipinski definition) is 7. The third-order valence-electron chi connectivity index (χ3n) is 7.01. The maximum Gasteiger partial charge on any atom is 0.247 e. The van der Waals surface area contributed by atoms with Crippen molar-refractivity contribution in [1.29, 1.82) is 0 Å². The van der Waals surface area contributed by atoms with Gasteiger partial charge in [0.1, 0.15) is 24.2 Å². The number of carbonyl (C=O) groups excluding carboxylic acids is 2. The van der Waals surface area contributed by atoms with Gasteiger partial charge in [-0.15, -0.1) is 10.2 Å². The van der Waals surface area contributed by atoms with Crippen LogP contribution < -0.4 is 5.32 Å². The van der Waals surface area contributed by atoms with Crippen LogP contribution in [0.3, 0.4) is 0 Å². The van der Waals surface area contributed by atoms with Crippen molar-refractivity contribution in [3.63, 3.8) is 0 Å². The fraction of sp³-hybridized carbons (Fsp3) is 0.519. The van der Waals surface area contributed by atoms with Crippen molar-refractivity contribution in [1.82, 2.24) is 35.3 Å². The Hall–Kier alpha value is -3.60. The van der Waals surface area contributed by atoms with Crippen molar-refractivity contribution in [3.8, 4) is 11.6 Å². The lowest BCUT2D eigenvalue weighted by Gasteiger charge is -2.33. The Balaban J connectivity index is 1.62. The SMILES string of the molecule is CCN(CC)CCN(C(=O)Cn1nnc(-c2ccc(C)o2)n1)[C@@H](C(=O)NC1CCCC1)c1ccc(F)cc1. The fourth-order valence-electron chi connectivity index (χ4n) is 4.83. The van der Waals surface area contributed by atoms with Gasteiger partial charge in [0.25, 0.3) is 0 Å². The molecule has 1 N–H and O–H groups in total. The molecule has 1 fully saturated rings. The summed E-state index contributed by atoms with van der Waals surface area (Å²) in [7, 11) is 0. The lowest BCUT2D eigenvalue weighted by atomic mass is 10.0. The first kappa shape index (κ1) is 27.4. The number of likely N-dealkylation sites (N-methyl/N-ethyl adjacent to an activating group) is 1. The second-order valence-corrected chi connectivity index (χ2v) is 9.61. The zero-order valence-electron chi connectivity index (χ0n) is 22.3. The molecule has 2 aromatic heterocycles. The van der Waals surface area contributed by atoms with Gasteiger partial charge in [0, 0.05) is 19.1 Å². The van der Waals surface area contributed by atoms with Gasteiger partial charge < -0.3 is 19.5 Å². The van der Waals surface area contributed by atoms with Crippen LogP contribution in [0.1, 0.15) is 56.9 Å². The van der Waals surface area contributed by atoms with Crippen LogP contribution in [0.2, 0.25) is 0 Å². The van der Waals surface area contributed by atoms with E-state index in [-0.39, 0.29) is 30.2 Å². The van der Waals surface area contributed by atoms with Crippen LogP contribution in [-0.2, 0) is 16.1 Å². The van der Waals surface area contributed by atoms with E-state index in [0.717, 1.165) is 38.8 Å². The van der Waals surface area contributed by atoms with Crippen LogP contribution in [0.25, 0.3) is 11.6 Å². The van der Waals surface area contributed by atoms with Crippen LogP contribution in [0.15, 0.2) is 40.8 Å². The van der Waals surface area contributed by atoms with E-state index in [1.807, 2.05) is 6.92 Å². The molecule has 2 amide bonds. The quantitative estimate of drug-likeness (QED) is 0.386. The number of hydrogen-bond donors (Lipinski definition) is 1. The zero-order valence-corrected chi connectivity index (χ0v) is 22.3. The van der Waals surface area contributed by atoms with Crippen molar-refractivity contribution in [2.75, 3.05) is 26.2 Å². The third-order valence-corrected chi connectivity index (χ3v) is 7.01. The summed E-state index contributed by atoms with van der Waals surface area (Å²) in [4.78, 5) is 32.4. The maximum atomic E-state index is 13.8. The zero-order chi connectivity index (χ0) is 27.1. The smallest absolute Gasteiger partial charge is 0.247 e. The maximum absolute atomic E-state index is 13.8. The Bertz CT molecular complexity index is 1200. The van der Waals surface area contributed by atoms with Crippen LogP contribution >= 0.6 is 0 Å². The number of amides is 2. The second kappa shape index (κ2) is 12.8. The lowest BCUT2D eigenvalue weighted by molar-refractivity contribution is -0.142. The molecule has 4 rings (SSSR count). The van der Waals surface area contributed by atoms with E-state index >= 15 is 0 Å². The molecule has 1 aliphatic carbocycles. The van der Waals surface area contributed by atoms with Gasteiger partial charge in [-0.25, -0.2) is 4.39 Å². The van der Waals surface area contributed by atoms with Gasteiger partial charge in [-0.2, -0.15) is 4.80 Å². The number of carbonyl (C=O) groups is 2. The molecule has 2 heterocycles. The minimum Gasteiger partial charge on any atom is -0.458 e. The van der Waals surface area contributed by atoms with Crippen molar-refractivity contribution in [2.24, 2.45) is 0 Å². The van der Waals surface area contributed by atoms with Gasteiger partial charge in [-0.3, -0.25) is 9.59 Å². The summed E-state index contributed by atoms with van der Waals surface area (Å²) in [6.45, 7) is 8.22. The predicted molar refractivity (Wildman–Crippen MR) is 139 cm³/mol. The van der Waals surface area contributed by atoms with Crippen LogP contribution in [0, 0.1) is 12.7 Å². The monoisotopic (exact) mass is 525 g/mol. The summed E-state index contributed by atoms with van der Waals surface area (Å²) >= 11 is 0. The molecule has 0 bridgehead atoms. The minimum absolute atomic E-state index is 0.0708. The largest absolute Gasteiger partial charge is 0.458 e. The van der Waals surface area contributed by atoms with Crippen LogP contribution in [-0.4, -0.2) is 74.0 Å². The molecule has 0 unspecified atom stereocenters. The van der Waals surface area contributed by atoms with Crippen LogP contribution in [0.4, 0.5) is 4.39 Å². The van der Waals surface area contributed by atoms with Crippen molar-refractivity contribution < 1.29 is 18.4 Å². The van der Waals surface area contributed by atoms with E-state index in [1.54, 1.807) is 29.2 Å². The van der Waals surface area contributed by atoms with Crippen molar-refractivity contribution in [3.05, 3.63) is 53.5 Å². The van der Waals surface area contributed by atoms with E-state index in [9.17, 15) is 14.0 Å². The molecule has 1 atom stereocenters. The lowest BCUT2D eigenvalue weighted by Crippen LogP contribution is -2.49. The summed E-state index contributed by atoms with van der Waals surface area (Å²) in [5.74, 6) is 0.430. The second-order valence-electron chi connectivity index (χ2n) is 9.61. The number of furan rings is 1. The number of nitrogens with zero attached hydrogens (tertiary/aromatic N) is 6. The Kier molecular flexibility index (Phi) is 9.22. The fourth-order valence-corrected chi connectivity index (χ4v) is 4.83. The van der Waals surface area contributed by atoms with Gasteiger partial charge in [0.05, 0.1) is 0 Å². The van der Waals surface area contributed by atoms with E-state index in [2.05, 4.69) is 39.5 Å². The molecule has 1 aliphatic rings. The highest BCUT2D eigenvalue weighted by molar-refractivity contribution is 5.89. The molecule has 10 nitrogen and oxygen atoms in total. The summed E-state index contributed by atoms with van der Waals surface area (Å²) in [5, 5.41) is 15.5. The van der Waals surface area contributed by atoms with E-state index in [1.165, 1.54) is 16.9 Å². The summed E-state index contributed by atoms with van der Waals surface area (Å²) in [6.07, 6.45) is 3.94. The Morgan fingerprint density at radius 2 is 1.82 bits per heavy atom. The molecular weight excluding hydrogens is 489 g/mol. The highest BCUT2D eigenvalue weighted by Gasteiger charge is 2.33. The average Bonchev–Trinajstić information content (AvgIpc) is 3.67. The number of tetrazole rings is 1. The van der Waals surface area contributed by atoms with Gasteiger partial charge >= 0.3 is 0 Å². The minimum atomic E-state index is -0.921. The Morgan fingerprint density at radius 1 is 1.11 bits per heavy atom. The topological polar surface area (TPSA) is 109 Å². The molecule has 1 saturated carbocycles. The van der Waals surface area contributed by atoms with E-state index < -0.39 is 11.9 Å². The van der Waals surface area contributed by atoms with Gasteiger partial charge in [0.2, 0.25) is 17.6 Å². The van der Waals surface area contributed by atoms with Crippen LogP contribution in [0.5, 0.6) is 0 Å². The number of nitrogens with one attached hydrogen (secondary N) is 1. The standard InChI is InChI=1S/C27H36FN7O3/c1-4-33(5-2)16-17-34(24(36)18-35-31-26(30-32-35)23-15-10-19(3)38-23)25(20-11-13-21(28)14-12-20)27(37)29-22-8-6-7-9-22/h10-15,22,25H,4-9,16-18H2,1-3H3,(H,29,37)/t25-/m1/s1. The Labute approximate surface area is 222 Å². The molecule has 38 heavy (non-hydrogen) atoms. The highest BCUT2D eigenvalue weighted by Crippen LogP contribution is 2.25. The highest BCUT2D eigenvalue weighted by atomic mass is 19.1. The van der Waals surface area contributed by atoms with Crippen molar-refractivity contribution in [2.45, 2.75) is 65.1 Å². The number of benzene rings is 1. The number of rotatable bonds is 12. The molecule has 3 aromatic rings. The average molecular weight is 526 g/mol. The molecule has 0 spiro atoms. The molecule has 11 heteroatoms. The predicted octanol–water partition coefficient (Wildman–Crippen LogP) is 3.35. The molecule has 0 saturated heterocycles. The molecule has 0 radical (unpaired) electrons. The number of aryl methyl sites for hydroxylation is 1. The molecule has 1 aromatic carbocycles. The van der Waals surface area contributed by atoms with Gasteiger partial charge in [-0.05, 0) is 67.9 Å². The first-order chi connectivity index (χ1) is 18.4. The van der Waals surface area contributed by atoms with Gasteiger partial charge in [-0.1, -0.05) is 38.8 Å². The first-order valence-electron chi connectivity index (χ1n) is 13.3. The molecule has 0 aliphatic heterocycles. The van der Waals surface area contributed by atoms with E-state index in [4.69, 9.17) is 4.42 Å². The van der Waals surface area contributed by atoms with Crippen molar-refractivity contribution >= 4 is 11.8 Å². The first-order valence-corrected chi connectivity index (χ1v) is 13.3. The van der Waals surface area contributed by atoms with Gasteiger partial charge in [0.15, 0.2) is 5.76 Å². The normalized spacial score (nSPS) is 14.7. The Morgan fingerprint density at radius 3 is 2.45 bits per heavy atom. The number of halogens is 1. The molecule has 204 valence electrons. The van der Waals surface area contributed by atoms with E-state index in [0.29, 0.717) is 30.2 Å².